The van der Waals surface area contributed by atoms with Crippen molar-refractivity contribution in [3.05, 3.63) is 35.9 Å². The molecule has 0 saturated carbocycles. The van der Waals surface area contributed by atoms with Crippen LogP contribution in [0.4, 0.5) is 4.79 Å². The van der Waals surface area contributed by atoms with Crippen molar-refractivity contribution in [3.63, 3.8) is 0 Å². The van der Waals surface area contributed by atoms with Crippen molar-refractivity contribution < 1.29 is 14.7 Å². The minimum Gasteiger partial charge on any atom is -0.465 e. The van der Waals surface area contributed by atoms with Gasteiger partial charge in [0.05, 0.1) is 11.9 Å². The maximum absolute atomic E-state index is 12.1. The molecular weight excluding hydrogens is 278 g/mol. The van der Waals surface area contributed by atoms with E-state index >= 15 is 0 Å². The molecule has 110 valence electrons. The van der Waals surface area contributed by atoms with Gasteiger partial charge in [-0.15, -0.1) is 11.6 Å². The molecule has 1 amide bonds. The van der Waals surface area contributed by atoms with Gasteiger partial charge in [0.25, 0.3) is 0 Å². The lowest BCUT2D eigenvalue weighted by Crippen LogP contribution is -2.55. The summed E-state index contributed by atoms with van der Waals surface area (Å²) in [4.78, 5) is 24.8. The first-order valence-corrected chi connectivity index (χ1v) is 6.95. The Labute approximate surface area is 124 Å². The van der Waals surface area contributed by atoms with Gasteiger partial charge in [-0.05, 0) is 26.3 Å². The minimum absolute atomic E-state index is 0.197. The Morgan fingerprint density at radius 3 is 2.20 bits per heavy atom. The average molecular weight is 298 g/mol. The number of hydrogen-bond acceptors (Lipinski definition) is 2. The number of halogens is 1. The summed E-state index contributed by atoms with van der Waals surface area (Å²) in [5, 5.41) is 9.43. The van der Waals surface area contributed by atoms with Gasteiger partial charge in [0.15, 0.2) is 5.78 Å². The molecule has 1 aromatic carbocycles. The molecule has 0 aliphatic rings. The molecule has 1 aromatic rings. The first-order chi connectivity index (χ1) is 9.27. The highest BCUT2D eigenvalue weighted by molar-refractivity contribution is 6.28. The number of hydrogen-bond donors (Lipinski definition) is 1. The Morgan fingerprint density at radius 1 is 1.25 bits per heavy atom. The predicted molar refractivity (Wildman–Crippen MR) is 79.3 cm³/mol. The van der Waals surface area contributed by atoms with Gasteiger partial charge in [-0.25, -0.2) is 4.79 Å². The number of amides is 1. The van der Waals surface area contributed by atoms with E-state index < -0.39 is 17.7 Å². The summed E-state index contributed by atoms with van der Waals surface area (Å²) >= 11 is 5.64. The summed E-state index contributed by atoms with van der Waals surface area (Å²) in [6, 6.07) is 8.57. The summed E-state index contributed by atoms with van der Waals surface area (Å²) in [6.45, 7) is 5.29. The Balaban J connectivity index is 3.11. The normalized spacial score (nSPS) is 12.8. The van der Waals surface area contributed by atoms with Gasteiger partial charge < -0.3 is 5.11 Å². The molecule has 4 nitrogen and oxygen atoms in total. The minimum atomic E-state index is -1.11. The summed E-state index contributed by atoms with van der Waals surface area (Å²) in [7, 11) is 0. The summed E-state index contributed by atoms with van der Waals surface area (Å²) in [5.74, 6) is -0.481. The molecule has 0 fully saturated rings. The van der Waals surface area contributed by atoms with Crippen LogP contribution in [0.1, 0.15) is 26.3 Å². The van der Waals surface area contributed by atoms with Gasteiger partial charge in [0, 0.05) is 12.0 Å². The molecule has 0 aromatic heterocycles. The number of benzene rings is 1. The molecule has 0 aliphatic heterocycles. The molecule has 0 spiro atoms. The zero-order chi connectivity index (χ0) is 15.3. The lowest BCUT2D eigenvalue weighted by atomic mass is 9.96. The predicted octanol–water partition coefficient (Wildman–Crippen LogP) is 3.18. The second-order valence-corrected chi connectivity index (χ2v) is 5.90. The van der Waals surface area contributed by atoms with E-state index in [4.69, 9.17) is 11.6 Å². The van der Waals surface area contributed by atoms with Crippen LogP contribution >= 0.6 is 11.6 Å². The average Bonchev–Trinajstić information content (AvgIpc) is 2.36. The molecule has 0 aliphatic carbocycles. The monoisotopic (exact) mass is 297 g/mol. The van der Waals surface area contributed by atoms with Gasteiger partial charge in [0.2, 0.25) is 0 Å². The van der Waals surface area contributed by atoms with E-state index in [1.54, 1.807) is 20.8 Å². The van der Waals surface area contributed by atoms with Crippen LogP contribution in [-0.2, 0) is 11.2 Å². The van der Waals surface area contributed by atoms with Crippen molar-refractivity contribution >= 4 is 23.5 Å². The third-order valence-electron chi connectivity index (χ3n) is 3.02. The highest BCUT2D eigenvalue weighted by Crippen LogP contribution is 2.21. The number of Topliss-reactive ketones (excluding diaryl/α,β-unsaturated/α-hetero) is 1. The van der Waals surface area contributed by atoms with Crippen LogP contribution in [0.15, 0.2) is 30.3 Å². The van der Waals surface area contributed by atoms with Crippen molar-refractivity contribution in [2.45, 2.75) is 38.8 Å². The third-order valence-corrected chi connectivity index (χ3v) is 3.28. The molecule has 1 atom stereocenters. The number of carbonyl (C=O) groups excluding carboxylic acids is 1. The van der Waals surface area contributed by atoms with Crippen molar-refractivity contribution in [1.29, 1.82) is 0 Å². The molecular formula is C15H20ClNO3. The third kappa shape index (κ3) is 4.23. The van der Waals surface area contributed by atoms with E-state index in [9.17, 15) is 14.7 Å². The number of ketones is 1. The van der Waals surface area contributed by atoms with Crippen LogP contribution < -0.4 is 0 Å². The van der Waals surface area contributed by atoms with Gasteiger partial charge in [0.1, 0.15) is 0 Å². The lowest BCUT2D eigenvalue weighted by molar-refractivity contribution is -0.123. The first-order valence-electron chi connectivity index (χ1n) is 6.42. The summed E-state index contributed by atoms with van der Waals surface area (Å²) < 4.78 is 0. The summed E-state index contributed by atoms with van der Waals surface area (Å²) in [6.07, 6.45) is -0.785. The fourth-order valence-corrected chi connectivity index (χ4v) is 2.34. The Morgan fingerprint density at radius 2 is 1.80 bits per heavy atom. The molecule has 20 heavy (non-hydrogen) atoms. The Hall–Kier alpha value is -1.55. The van der Waals surface area contributed by atoms with Crippen LogP contribution in [0.5, 0.6) is 0 Å². The van der Waals surface area contributed by atoms with Gasteiger partial charge in [-0.2, -0.15) is 0 Å². The standard InChI is InChI=1S/C15H20ClNO3/c1-15(2,3)17(14(19)20)12(13(18)10-16)9-11-7-5-4-6-8-11/h4-8,12H,9-10H2,1-3H3,(H,19,20)/t12-/m0/s1. The quantitative estimate of drug-likeness (QED) is 0.849. The van der Waals surface area contributed by atoms with Crippen molar-refractivity contribution in [1.82, 2.24) is 4.90 Å². The Kier molecular flexibility index (Phi) is 5.57. The molecule has 1 rings (SSSR count). The van der Waals surface area contributed by atoms with Crippen molar-refractivity contribution in [2.24, 2.45) is 0 Å². The zero-order valence-corrected chi connectivity index (χ0v) is 12.7. The number of nitrogens with zero attached hydrogens (tertiary/aromatic N) is 1. The zero-order valence-electron chi connectivity index (χ0n) is 12.0. The summed E-state index contributed by atoms with van der Waals surface area (Å²) in [5.41, 5.74) is 0.235. The van der Waals surface area contributed by atoms with Gasteiger partial charge >= 0.3 is 6.09 Å². The number of carbonyl (C=O) groups is 2. The number of rotatable bonds is 5. The number of carboxylic acid groups (broad SMARTS) is 1. The molecule has 0 bridgehead atoms. The Bertz CT molecular complexity index is 468. The van der Waals surface area contributed by atoms with E-state index in [0.29, 0.717) is 6.42 Å². The molecule has 0 heterocycles. The van der Waals surface area contributed by atoms with Gasteiger partial charge in [-0.1, -0.05) is 30.3 Å². The maximum Gasteiger partial charge on any atom is 0.408 e. The van der Waals surface area contributed by atoms with E-state index in [1.807, 2.05) is 30.3 Å². The van der Waals surface area contributed by atoms with E-state index in [0.717, 1.165) is 5.56 Å². The second-order valence-electron chi connectivity index (χ2n) is 5.63. The number of alkyl halides is 1. The first kappa shape index (κ1) is 16.5. The largest absolute Gasteiger partial charge is 0.465 e. The van der Waals surface area contributed by atoms with E-state index in [-0.39, 0.29) is 11.7 Å². The van der Waals surface area contributed by atoms with E-state index in [1.165, 1.54) is 4.90 Å². The van der Waals surface area contributed by atoms with Crippen LogP contribution in [0.3, 0.4) is 0 Å². The van der Waals surface area contributed by atoms with Crippen LogP contribution in [0.25, 0.3) is 0 Å². The van der Waals surface area contributed by atoms with Crippen molar-refractivity contribution in [2.75, 3.05) is 5.88 Å². The molecule has 0 saturated heterocycles. The molecule has 0 radical (unpaired) electrons. The molecule has 0 unspecified atom stereocenters. The highest BCUT2D eigenvalue weighted by atomic mass is 35.5. The maximum atomic E-state index is 12.1. The van der Waals surface area contributed by atoms with Crippen LogP contribution in [-0.4, -0.2) is 39.3 Å². The highest BCUT2D eigenvalue weighted by Gasteiger charge is 2.36. The molecule has 5 heteroatoms. The van der Waals surface area contributed by atoms with Gasteiger partial charge in [-0.3, -0.25) is 9.69 Å². The van der Waals surface area contributed by atoms with Crippen LogP contribution in [0, 0.1) is 0 Å². The second kappa shape index (κ2) is 6.75. The van der Waals surface area contributed by atoms with Crippen LogP contribution in [0.2, 0.25) is 0 Å². The fraction of sp³-hybridized carbons (Fsp3) is 0.467. The fourth-order valence-electron chi connectivity index (χ4n) is 2.16. The van der Waals surface area contributed by atoms with Crippen molar-refractivity contribution in [3.8, 4) is 0 Å². The smallest absolute Gasteiger partial charge is 0.408 e. The SMILES string of the molecule is CC(C)(C)N(C(=O)O)[C@@H](Cc1ccccc1)C(=O)CCl. The van der Waals surface area contributed by atoms with E-state index in [2.05, 4.69) is 0 Å². The molecule has 1 N–H and O–H groups in total. The topological polar surface area (TPSA) is 57.6 Å². The lowest BCUT2D eigenvalue weighted by Gasteiger charge is -2.38.